The van der Waals surface area contributed by atoms with E-state index in [0.717, 1.165) is 0 Å². The summed E-state index contributed by atoms with van der Waals surface area (Å²) in [5, 5.41) is 25.3. The molecule has 0 fully saturated rings. The average molecular weight is 280 g/mol. The minimum absolute atomic E-state index is 0.0576. The van der Waals surface area contributed by atoms with Crippen molar-refractivity contribution in [3.05, 3.63) is 65.7 Å². The molecule has 0 amide bonds. The van der Waals surface area contributed by atoms with Crippen LogP contribution in [0.5, 0.6) is 5.75 Å². The van der Waals surface area contributed by atoms with Gasteiger partial charge in [0.15, 0.2) is 0 Å². The minimum atomic E-state index is -0.213. The molecular weight excluding hydrogens is 264 g/mol. The SMILES string of the molecule is N=C(N)C(=C(C(=N)N)c1cccc(O)c1)c1ccccc1. The molecule has 0 radical (unpaired) electrons. The Hall–Kier alpha value is -3.08. The lowest BCUT2D eigenvalue weighted by Gasteiger charge is -2.14. The Morgan fingerprint density at radius 3 is 1.81 bits per heavy atom. The van der Waals surface area contributed by atoms with Gasteiger partial charge in [-0.2, -0.15) is 0 Å². The van der Waals surface area contributed by atoms with Crippen LogP contribution in [0.25, 0.3) is 11.1 Å². The summed E-state index contributed by atoms with van der Waals surface area (Å²) in [7, 11) is 0. The molecule has 0 aliphatic heterocycles. The van der Waals surface area contributed by atoms with E-state index in [-0.39, 0.29) is 17.4 Å². The third kappa shape index (κ3) is 3.09. The second-order valence-electron chi connectivity index (χ2n) is 4.49. The van der Waals surface area contributed by atoms with Crippen molar-refractivity contribution in [2.45, 2.75) is 0 Å². The van der Waals surface area contributed by atoms with Crippen LogP contribution < -0.4 is 11.5 Å². The fourth-order valence-corrected chi connectivity index (χ4v) is 2.14. The van der Waals surface area contributed by atoms with Crippen LogP contribution in [-0.4, -0.2) is 16.8 Å². The molecule has 2 aromatic rings. The molecule has 0 aliphatic carbocycles. The number of nitrogens with two attached hydrogens (primary N) is 2. The molecule has 0 saturated heterocycles. The van der Waals surface area contributed by atoms with Gasteiger partial charge in [-0.3, -0.25) is 10.8 Å². The number of hydrogen-bond donors (Lipinski definition) is 5. The van der Waals surface area contributed by atoms with E-state index >= 15 is 0 Å². The molecule has 5 nitrogen and oxygen atoms in total. The third-order valence-electron chi connectivity index (χ3n) is 2.99. The van der Waals surface area contributed by atoms with E-state index in [1.807, 2.05) is 18.2 Å². The fraction of sp³-hybridized carbons (Fsp3) is 0. The molecule has 0 saturated carbocycles. The molecule has 0 heterocycles. The Bertz CT molecular complexity index is 720. The normalized spacial score (nSPS) is 11.6. The molecular formula is C16H16N4O. The highest BCUT2D eigenvalue weighted by molar-refractivity contribution is 6.40. The highest BCUT2D eigenvalue weighted by atomic mass is 16.3. The molecule has 0 spiro atoms. The van der Waals surface area contributed by atoms with Gasteiger partial charge in [-0.25, -0.2) is 0 Å². The standard InChI is InChI=1S/C16H16N4O/c17-15(18)13(10-5-2-1-3-6-10)14(16(19)20)11-7-4-8-12(21)9-11/h1-9,21H,(H3,17,18)(H3,19,20). The smallest absolute Gasteiger partial charge is 0.124 e. The summed E-state index contributed by atoms with van der Waals surface area (Å²) < 4.78 is 0. The van der Waals surface area contributed by atoms with Gasteiger partial charge in [-0.05, 0) is 23.3 Å². The van der Waals surface area contributed by atoms with Gasteiger partial charge in [0.05, 0.1) is 0 Å². The van der Waals surface area contributed by atoms with E-state index in [4.69, 9.17) is 22.3 Å². The summed E-state index contributed by atoms with van der Waals surface area (Å²) in [6, 6.07) is 15.4. The molecule has 0 unspecified atom stereocenters. The monoisotopic (exact) mass is 280 g/mol. The molecule has 0 aromatic heterocycles. The lowest BCUT2D eigenvalue weighted by Crippen LogP contribution is -2.20. The Morgan fingerprint density at radius 2 is 1.29 bits per heavy atom. The first-order chi connectivity index (χ1) is 10.0. The second-order valence-corrected chi connectivity index (χ2v) is 4.49. The Labute approximate surface area is 122 Å². The molecule has 0 aliphatic rings. The zero-order chi connectivity index (χ0) is 15.4. The van der Waals surface area contributed by atoms with Crippen molar-refractivity contribution in [2.75, 3.05) is 0 Å². The number of nitrogens with one attached hydrogen (secondary N) is 2. The van der Waals surface area contributed by atoms with Crippen LogP contribution in [0.1, 0.15) is 11.1 Å². The van der Waals surface area contributed by atoms with Crippen LogP contribution in [0.3, 0.4) is 0 Å². The van der Waals surface area contributed by atoms with E-state index in [1.54, 1.807) is 24.3 Å². The van der Waals surface area contributed by atoms with Gasteiger partial charge >= 0.3 is 0 Å². The summed E-state index contributed by atoms with van der Waals surface area (Å²) in [5.41, 5.74) is 13.3. The summed E-state index contributed by atoms with van der Waals surface area (Å²) in [6.45, 7) is 0. The lowest BCUT2D eigenvalue weighted by atomic mass is 9.93. The first-order valence-corrected chi connectivity index (χ1v) is 6.28. The highest BCUT2D eigenvalue weighted by Gasteiger charge is 2.17. The van der Waals surface area contributed by atoms with E-state index in [9.17, 15) is 5.11 Å². The number of aromatic hydroxyl groups is 1. The van der Waals surface area contributed by atoms with Crippen LogP contribution in [-0.2, 0) is 0 Å². The van der Waals surface area contributed by atoms with Crippen LogP contribution in [0.15, 0.2) is 54.6 Å². The molecule has 7 N–H and O–H groups in total. The van der Waals surface area contributed by atoms with Gasteiger partial charge < -0.3 is 16.6 Å². The minimum Gasteiger partial charge on any atom is -0.508 e. The largest absolute Gasteiger partial charge is 0.508 e. The van der Waals surface area contributed by atoms with Gasteiger partial charge in [0.25, 0.3) is 0 Å². The fourth-order valence-electron chi connectivity index (χ4n) is 2.14. The van der Waals surface area contributed by atoms with Crippen LogP contribution in [0.2, 0.25) is 0 Å². The summed E-state index contributed by atoms with van der Waals surface area (Å²) >= 11 is 0. The topological polar surface area (TPSA) is 120 Å². The third-order valence-corrected chi connectivity index (χ3v) is 2.99. The Kier molecular flexibility index (Phi) is 4.04. The van der Waals surface area contributed by atoms with Crippen molar-refractivity contribution in [1.82, 2.24) is 0 Å². The summed E-state index contributed by atoms with van der Waals surface area (Å²) in [4.78, 5) is 0. The Balaban J connectivity index is 2.77. The lowest BCUT2D eigenvalue weighted by molar-refractivity contribution is 0.475. The summed E-state index contributed by atoms with van der Waals surface area (Å²) in [5.74, 6) is -0.341. The maximum atomic E-state index is 9.62. The van der Waals surface area contributed by atoms with Gasteiger partial charge in [0.1, 0.15) is 17.4 Å². The molecule has 106 valence electrons. The average Bonchev–Trinajstić information content (AvgIpc) is 2.44. The molecule has 21 heavy (non-hydrogen) atoms. The zero-order valence-corrected chi connectivity index (χ0v) is 11.3. The highest BCUT2D eigenvalue weighted by Crippen LogP contribution is 2.28. The zero-order valence-electron chi connectivity index (χ0n) is 11.3. The predicted molar refractivity (Wildman–Crippen MR) is 85.2 cm³/mol. The van der Waals surface area contributed by atoms with Crippen molar-refractivity contribution < 1.29 is 5.11 Å². The maximum Gasteiger partial charge on any atom is 0.124 e. The molecule has 0 atom stereocenters. The van der Waals surface area contributed by atoms with E-state index in [2.05, 4.69) is 0 Å². The number of hydrogen-bond acceptors (Lipinski definition) is 3. The van der Waals surface area contributed by atoms with Crippen molar-refractivity contribution in [3.63, 3.8) is 0 Å². The van der Waals surface area contributed by atoms with Crippen molar-refractivity contribution >= 4 is 22.8 Å². The second kappa shape index (κ2) is 5.92. The van der Waals surface area contributed by atoms with Gasteiger partial charge in [0.2, 0.25) is 0 Å². The van der Waals surface area contributed by atoms with Gasteiger partial charge in [-0.15, -0.1) is 0 Å². The van der Waals surface area contributed by atoms with Gasteiger partial charge in [0, 0.05) is 11.1 Å². The number of phenols is 1. The van der Waals surface area contributed by atoms with Crippen molar-refractivity contribution in [3.8, 4) is 5.75 Å². The molecule has 5 heteroatoms. The van der Waals surface area contributed by atoms with Crippen molar-refractivity contribution in [2.24, 2.45) is 11.5 Å². The summed E-state index contributed by atoms with van der Waals surface area (Å²) in [6.07, 6.45) is 0. The molecule has 2 aromatic carbocycles. The number of amidine groups is 2. The van der Waals surface area contributed by atoms with Crippen molar-refractivity contribution in [1.29, 1.82) is 10.8 Å². The van der Waals surface area contributed by atoms with E-state index in [0.29, 0.717) is 22.3 Å². The number of benzene rings is 2. The number of phenolic OH excluding ortho intramolecular Hbond substituents is 1. The van der Waals surface area contributed by atoms with Gasteiger partial charge in [-0.1, -0.05) is 42.5 Å². The van der Waals surface area contributed by atoms with Crippen LogP contribution in [0.4, 0.5) is 0 Å². The van der Waals surface area contributed by atoms with E-state index < -0.39 is 0 Å². The van der Waals surface area contributed by atoms with Crippen LogP contribution >= 0.6 is 0 Å². The molecule has 2 rings (SSSR count). The Morgan fingerprint density at radius 1 is 0.762 bits per heavy atom. The van der Waals surface area contributed by atoms with E-state index in [1.165, 1.54) is 12.1 Å². The maximum absolute atomic E-state index is 9.62. The first-order valence-electron chi connectivity index (χ1n) is 6.28. The quantitative estimate of drug-likeness (QED) is 0.335. The predicted octanol–water partition coefficient (Wildman–Crippen LogP) is 2.17. The van der Waals surface area contributed by atoms with Crippen LogP contribution in [0, 0.1) is 10.8 Å². The molecule has 0 bridgehead atoms. The first kappa shape index (κ1) is 14.3. The number of rotatable bonds is 4.